The first kappa shape index (κ1) is 13.1. The van der Waals surface area contributed by atoms with E-state index in [1.54, 1.807) is 18.3 Å². The number of fused-ring (bicyclic) bond motifs is 1. The Morgan fingerprint density at radius 1 is 1.45 bits per heavy atom. The SMILES string of the molecule is O=C1CSc2ccc(C(=O)OCc3nccs3)cc2N1. The van der Waals surface area contributed by atoms with Crippen molar-refractivity contribution in [3.63, 3.8) is 0 Å². The summed E-state index contributed by atoms with van der Waals surface area (Å²) in [5, 5.41) is 5.33. The second-order valence-corrected chi connectivity index (χ2v) is 6.05. The molecule has 20 heavy (non-hydrogen) atoms. The van der Waals surface area contributed by atoms with Crippen molar-refractivity contribution < 1.29 is 14.3 Å². The average molecular weight is 306 g/mol. The summed E-state index contributed by atoms with van der Waals surface area (Å²) < 4.78 is 5.18. The molecule has 0 radical (unpaired) electrons. The van der Waals surface area contributed by atoms with E-state index in [1.165, 1.54) is 23.1 Å². The minimum atomic E-state index is -0.423. The summed E-state index contributed by atoms with van der Waals surface area (Å²) in [5.41, 5.74) is 1.08. The summed E-state index contributed by atoms with van der Waals surface area (Å²) in [5.74, 6) is -0.0791. The maximum Gasteiger partial charge on any atom is 0.338 e. The van der Waals surface area contributed by atoms with Gasteiger partial charge in [-0.25, -0.2) is 9.78 Å². The van der Waals surface area contributed by atoms with Crippen LogP contribution < -0.4 is 5.32 Å². The van der Waals surface area contributed by atoms with E-state index in [-0.39, 0.29) is 12.5 Å². The van der Waals surface area contributed by atoms with Gasteiger partial charge >= 0.3 is 5.97 Å². The first-order valence-electron chi connectivity index (χ1n) is 5.84. The Morgan fingerprint density at radius 3 is 3.15 bits per heavy atom. The van der Waals surface area contributed by atoms with Crippen LogP contribution in [0.5, 0.6) is 0 Å². The summed E-state index contributed by atoms with van der Waals surface area (Å²) in [6, 6.07) is 5.16. The van der Waals surface area contributed by atoms with Gasteiger partial charge in [0.2, 0.25) is 5.91 Å². The molecule has 0 atom stereocenters. The first-order valence-corrected chi connectivity index (χ1v) is 7.71. The molecule has 0 aliphatic carbocycles. The number of amides is 1. The monoisotopic (exact) mass is 306 g/mol. The number of carbonyl (C=O) groups excluding carboxylic acids is 2. The molecule has 1 aromatic heterocycles. The van der Waals surface area contributed by atoms with E-state index in [0.29, 0.717) is 17.0 Å². The van der Waals surface area contributed by atoms with Gasteiger partial charge in [0, 0.05) is 16.5 Å². The minimum absolute atomic E-state index is 0.0594. The van der Waals surface area contributed by atoms with E-state index < -0.39 is 5.97 Å². The number of nitrogens with one attached hydrogen (secondary N) is 1. The van der Waals surface area contributed by atoms with Crippen molar-refractivity contribution in [1.29, 1.82) is 0 Å². The Labute approximate surface area is 123 Å². The third-order valence-electron chi connectivity index (χ3n) is 2.66. The molecule has 1 aliphatic heterocycles. The van der Waals surface area contributed by atoms with Gasteiger partial charge in [-0.3, -0.25) is 4.79 Å². The second kappa shape index (κ2) is 5.64. The third kappa shape index (κ3) is 2.83. The molecule has 0 spiro atoms. The summed E-state index contributed by atoms with van der Waals surface area (Å²) in [6.45, 7) is 0.161. The molecule has 1 aromatic carbocycles. The predicted molar refractivity (Wildman–Crippen MR) is 77.0 cm³/mol. The van der Waals surface area contributed by atoms with Gasteiger partial charge in [0.25, 0.3) is 0 Å². The summed E-state index contributed by atoms with van der Waals surface area (Å²) in [7, 11) is 0. The van der Waals surface area contributed by atoms with Crippen molar-refractivity contribution in [2.45, 2.75) is 11.5 Å². The van der Waals surface area contributed by atoms with Crippen molar-refractivity contribution in [1.82, 2.24) is 4.98 Å². The second-order valence-electron chi connectivity index (χ2n) is 4.05. The normalized spacial score (nSPS) is 13.5. The number of ether oxygens (including phenoxy) is 1. The molecule has 1 aliphatic rings. The minimum Gasteiger partial charge on any atom is -0.455 e. The summed E-state index contributed by atoms with van der Waals surface area (Å²) in [6.07, 6.45) is 1.67. The van der Waals surface area contributed by atoms with Crippen LogP contribution >= 0.6 is 23.1 Å². The first-order chi connectivity index (χ1) is 9.72. The largest absolute Gasteiger partial charge is 0.455 e. The molecule has 0 fully saturated rings. The van der Waals surface area contributed by atoms with E-state index in [1.807, 2.05) is 11.4 Å². The van der Waals surface area contributed by atoms with Crippen LogP contribution in [0.1, 0.15) is 15.4 Å². The third-order valence-corrected chi connectivity index (χ3v) is 4.48. The number of carbonyl (C=O) groups is 2. The van der Waals surface area contributed by atoms with E-state index in [0.717, 1.165) is 9.90 Å². The van der Waals surface area contributed by atoms with Gasteiger partial charge in [-0.15, -0.1) is 23.1 Å². The molecule has 2 aromatic rings. The molecule has 3 rings (SSSR count). The number of esters is 1. The Balaban J connectivity index is 1.72. The fraction of sp³-hybridized carbons (Fsp3) is 0.154. The molecule has 0 saturated heterocycles. The molecular weight excluding hydrogens is 296 g/mol. The Hall–Kier alpha value is -1.86. The van der Waals surface area contributed by atoms with Gasteiger partial charge in [-0.2, -0.15) is 0 Å². The van der Waals surface area contributed by atoms with Gasteiger partial charge < -0.3 is 10.1 Å². The number of hydrogen-bond donors (Lipinski definition) is 1. The van der Waals surface area contributed by atoms with Gasteiger partial charge in [-0.1, -0.05) is 0 Å². The fourth-order valence-corrected chi connectivity index (χ4v) is 3.06. The van der Waals surface area contributed by atoms with E-state index >= 15 is 0 Å². The lowest BCUT2D eigenvalue weighted by Gasteiger charge is -2.16. The molecule has 7 heteroatoms. The van der Waals surface area contributed by atoms with E-state index in [2.05, 4.69) is 10.3 Å². The highest BCUT2D eigenvalue weighted by atomic mass is 32.2. The number of thioether (sulfide) groups is 1. The summed E-state index contributed by atoms with van der Waals surface area (Å²) in [4.78, 5) is 28.3. The zero-order chi connectivity index (χ0) is 13.9. The van der Waals surface area contributed by atoms with Crippen molar-refractivity contribution in [2.75, 3.05) is 11.1 Å². The lowest BCUT2D eigenvalue weighted by molar-refractivity contribution is -0.113. The maximum absolute atomic E-state index is 11.9. The Kier molecular flexibility index (Phi) is 3.70. The van der Waals surface area contributed by atoms with Crippen LogP contribution in [0.3, 0.4) is 0 Å². The fourth-order valence-electron chi connectivity index (χ4n) is 1.74. The standard InChI is InChI=1S/C13H10N2O3S2/c16-11-7-20-10-2-1-8(5-9(10)15-11)13(17)18-6-12-14-3-4-19-12/h1-5H,6-7H2,(H,15,16). The van der Waals surface area contributed by atoms with E-state index in [9.17, 15) is 9.59 Å². The predicted octanol–water partition coefficient (Wildman–Crippen LogP) is 2.54. The number of rotatable bonds is 3. The van der Waals surface area contributed by atoms with Gasteiger partial charge in [0.15, 0.2) is 0 Å². The van der Waals surface area contributed by atoms with Crippen LogP contribution in [-0.2, 0) is 16.1 Å². The molecule has 1 N–H and O–H groups in total. The van der Waals surface area contributed by atoms with Crippen LogP contribution in [-0.4, -0.2) is 22.6 Å². The molecule has 1 amide bonds. The molecule has 102 valence electrons. The van der Waals surface area contributed by atoms with Gasteiger partial charge in [0.05, 0.1) is 17.0 Å². The topological polar surface area (TPSA) is 68.3 Å². The van der Waals surface area contributed by atoms with Gasteiger partial charge in [0.1, 0.15) is 11.6 Å². The molecule has 0 unspecified atom stereocenters. The average Bonchev–Trinajstić information content (AvgIpc) is 2.97. The smallest absolute Gasteiger partial charge is 0.338 e. The summed E-state index contributed by atoms with van der Waals surface area (Å²) >= 11 is 2.89. The number of benzene rings is 1. The van der Waals surface area contributed by atoms with Crippen LogP contribution in [0.25, 0.3) is 0 Å². The highest BCUT2D eigenvalue weighted by Crippen LogP contribution is 2.32. The molecule has 0 saturated carbocycles. The van der Waals surface area contributed by atoms with Crippen LogP contribution in [0, 0.1) is 0 Å². The van der Waals surface area contributed by atoms with Crippen LogP contribution in [0.15, 0.2) is 34.7 Å². The lowest BCUT2D eigenvalue weighted by atomic mass is 10.2. The number of aromatic nitrogens is 1. The molecule has 5 nitrogen and oxygen atoms in total. The Bertz CT molecular complexity index is 656. The van der Waals surface area contributed by atoms with Crippen molar-refractivity contribution in [3.8, 4) is 0 Å². The Morgan fingerprint density at radius 2 is 2.35 bits per heavy atom. The van der Waals surface area contributed by atoms with E-state index in [4.69, 9.17) is 4.74 Å². The van der Waals surface area contributed by atoms with Crippen molar-refractivity contribution >= 4 is 40.7 Å². The zero-order valence-electron chi connectivity index (χ0n) is 10.3. The quantitative estimate of drug-likeness (QED) is 0.883. The highest BCUT2D eigenvalue weighted by Gasteiger charge is 2.18. The highest BCUT2D eigenvalue weighted by molar-refractivity contribution is 8.00. The van der Waals surface area contributed by atoms with Crippen LogP contribution in [0.4, 0.5) is 5.69 Å². The number of anilines is 1. The number of hydrogen-bond acceptors (Lipinski definition) is 6. The maximum atomic E-state index is 11.9. The zero-order valence-corrected chi connectivity index (χ0v) is 11.9. The molecule has 2 heterocycles. The van der Waals surface area contributed by atoms with Crippen molar-refractivity contribution in [3.05, 3.63) is 40.3 Å². The van der Waals surface area contributed by atoms with Crippen LogP contribution in [0.2, 0.25) is 0 Å². The molecule has 0 bridgehead atoms. The van der Waals surface area contributed by atoms with Gasteiger partial charge in [-0.05, 0) is 18.2 Å². The lowest BCUT2D eigenvalue weighted by Crippen LogP contribution is -2.19. The molecular formula is C13H10N2O3S2. The van der Waals surface area contributed by atoms with Crippen molar-refractivity contribution in [2.24, 2.45) is 0 Å². The number of nitrogens with zero attached hydrogens (tertiary/aromatic N) is 1. The number of thiazole rings is 1.